The highest BCUT2D eigenvalue weighted by Gasteiger charge is 2.32. The number of hydrogen-bond acceptors (Lipinski definition) is 4. The molecule has 1 saturated heterocycles. The molecule has 3 heterocycles. The Labute approximate surface area is 172 Å². The van der Waals surface area contributed by atoms with E-state index in [0.29, 0.717) is 12.0 Å². The fourth-order valence-electron chi connectivity index (χ4n) is 4.11. The first-order valence-corrected chi connectivity index (χ1v) is 9.98. The van der Waals surface area contributed by atoms with Gasteiger partial charge in [0.1, 0.15) is 17.3 Å². The van der Waals surface area contributed by atoms with E-state index in [0.717, 1.165) is 48.5 Å². The van der Waals surface area contributed by atoms with Gasteiger partial charge in [-0.15, -0.1) is 0 Å². The maximum atomic E-state index is 12.6. The van der Waals surface area contributed by atoms with Crippen molar-refractivity contribution in [2.75, 3.05) is 13.6 Å². The van der Waals surface area contributed by atoms with Crippen LogP contribution in [0, 0.1) is 5.92 Å². The molecule has 0 spiro atoms. The molecule has 8 heteroatoms. The van der Waals surface area contributed by atoms with Gasteiger partial charge < -0.3 is 4.98 Å². The predicted molar refractivity (Wildman–Crippen MR) is 107 cm³/mol. The lowest BCUT2D eigenvalue weighted by Gasteiger charge is -2.35. The lowest BCUT2D eigenvalue weighted by atomic mass is 9.86. The average Bonchev–Trinajstić information content (AvgIpc) is 3.13. The third-order valence-electron chi connectivity index (χ3n) is 5.73. The van der Waals surface area contributed by atoms with Gasteiger partial charge in [0.2, 0.25) is 0 Å². The molecule has 30 heavy (non-hydrogen) atoms. The van der Waals surface area contributed by atoms with Gasteiger partial charge in [-0.3, -0.25) is 14.7 Å². The number of aromatic amines is 1. The van der Waals surface area contributed by atoms with Crippen molar-refractivity contribution < 1.29 is 18.0 Å². The van der Waals surface area contributed by atoms with Gasteiger partial charge in [-0.25, -0.2) is 4.98 Å². The highest BCUT2D eigenvalue weighted by atomic mass is 19.4. The van der Waals surface area contributed by atoms with Crippen LogP contribution in [0.3, 0.4) is 0 Å². The second-order valence-corrected chi connectivity index (χ2v) is 8.00. The molecule has 3 aromatic rings. The number of carbonyl (C=O) groups is 1. The third-order valence-corrected chi connectivity index (χ3v) is 5.73. The number of nitrogens with one attached hydrogen (secondary N) is 1. The van der Waals surface area contributed by atoms with Crippen molar-refractivity contribution in [1.82, 2.24) is 19.9 Å². The van der Waals surface area contributed by atoms with Crippen LogP contribution in [0.2, 0.25) is 0 Å². The SMILES string of the molecule is CN1CC[C@@H](CC(=O)Cc2ccc(C(F)(F)F)nc2)C[C@@H]1c1nc2ccccc2[nH]1. The number of pyridine rings is 1. The van der Waals surface area contributed by atoms with Crippen LogP contribution in [-0.4, -0.2) is 39.2 Å². The number of alkyl halides is 3. The molecule has 1 N–H and O–H groups in total. The van der Waals surface area contributed by atoms with E-state index in [-0.39, 0.29) is 24.2 Å². The van der Waals surface area contributed by atoms with Gasteiger partial charge >= 0.3 is 6.18 Å². The van der Waals surface area contributed by atoms with Crippen molar-refractivity contribution in [2.45, 2.75) is 37.9 Å². The van der Waals surface area contributed by atoms with Crippen molar-refractivity contribution in [3.63, 3.8) is 0 Å². The Bertz CT molecular complexity index is 996. The molecular weight excluding hydrogens is 393 g/mol. The van der Waals surface area contributed by atoms with E-state index >= 15 is 0 Å². The molecule has 1 aliphatic rings. The molecule has 0 aliphatic carbocycles. The number of aromatic nitrogens is 3. The minimum Gasteiger partial charge on any atom is -0.341 e. The Morgan fingerprint density at radius 1 is 1.23 bits per heavy atom. The number of ketones is 1. The van der Waals surface area contributed by atoms with Gasteiger partial charge in [0.25, 0.3) is 0 Å². The Kier molecular flexibility index (Phi) is 5.60. The number of piperidine rings is 1. The minimum atomic E-state index is -4.47. The van der Waals surface area contributed by atoms with Crippen LogP contribution in [0.15, 0.2) is 42.6 Å². The number of Topliss-reactive ketones (excluding diaryl/α,β-unsaturated/α-hetero) is 1. The van der Waals surface area contributed by atoms with Crippen LogP contribution < -0.4 is 0 Å². The number of H-pyrrole nitrogens is 1. The molecule has 2 atom stereocenters. The van der Waals surface area contributed by atoms with Crippen molar-refractivity contribution in [1.29, 1.82) is 0 Å². The maximum absolute atomic E-state index is 12.6. The molecule has 0 saturated carbocycles. The number of imidazole rings is 1. The third kappa shape index (κ3) is 4.53. The van der Waals surface area contributed by atoms with Gasteiger partial charge in [0.05, 0.1) is 17.1 Å². The number of para-hydroxylation sites is 2. The predicted octanol–water partition coefficient (Wildman–Crippen LogP) is 4.56. The lowest BCUT2D eigenvalue weighted by Crippen LogP contribution is -2.35. The Morgan fingerprint density at radius 3 is 2.73 bits per heavy atom. The standard InChI is InChI=1S/C22H23F3N4O/c1-29-9-8-14(12-19(29)21-27-17-4-2-3-5-18(17)28-21)10-16(30)11-15-6-7-20(26-13-15)22(23,24)25/h2-7,13-14,19H,8-12H2,1H3,(H,27,28)/t14-,19+/m0/s1. The lowest BCUT2D eigenvalue weighted by molar-refractivity contribution is -0.141. The molecule has 4 rings (SSSR count). The summed E-state index contributed by atoms with van der Waals surface area (Å²) in [6.07, 6.45) is -1.09. The van der Waals surface area contributed by atoms with Gasteiger partial charge in [-0.05, 0) is 56.1 Å². The fourth-order valence-corrected chi connectivity index (χ4v) is 4.11. The zero-order chi connectivity index (χ0) is 21.3. The summed E-state index contributed by atoms with van der Waals surface area (Å²) >= 11 is 0. The molecule has 158 valence electrons. The molecule has 2 aromatic heterocycles. The first-order valence-electron chi connectivity index (χ1n) is 9.98. The Morgan fingerprint density at radius 2 is 2.03 bits per heavy atom. The summed E-state index contributed by atoms with van der Waals surface area (Å²) in [5.41, 5.74) is 1.49. The molecule has 0 amide bonds. The summed E-state index contributed by atoms with van der Waals surface area (Å²) in [4.78, 5) is 26.3. The average molecular weight is 416 g/mol. The number of halogens is 3. The summed E-state index contributed by atoms with van der Waals surface area (Å²) in [5.74, 6) is 1.14. The Balaban J connectivity index is 1.39. The van der Waals surface area contributed by atoms with E-state index in [1.807, 2.05) is 24.3 Å². The van der Waals surface area contributed by atoms with Crippen LogP contribution in [0.4, 0.5) is 13.2 Å². The van der Waals surface area contributed by atoms with Crippen LogP contribution in [0.5, 0.6) is 0 Å². The topological polar surface area (TPSA) is 61.9 Å². The van der Waals surface area contributed by atoms with Crippen molar-refractivity contribution in [3.8, 4) is 0 Å². The van der Waals surface area contributed by atoms with E-state index in [9.17, 15) is 18.0 Å². The van der Waals surface area contributed by atoms with E-state index in [2.05, 4.69) is 21.9 Å². The van der Waals surface area contributed by atoms with Gasteiger partial charge in [-0.2, -0.15) is 13.2 Å². The van der Waals surface area contributed by atoms with E-state index in [4.69, 9.17) is 4.98 Å². The van der Waals surface area contributed by atoms with E-state index in [1.54, 1.807) is 0 Å². The zero-order valence-electron chi connectivity index (χ0n) is 16.6. The van der Waals surface area contributed by atoms with E-state index in [1.165, 1.54) is 6.07 Å². The quantitative estimate of drug-likeness (QED) is 0.662. The first kappa shape index (κ1) is 20.5. The number of fused-ring (bicyclic) bond motifs is 1. The van der Waals surface area contributed by atoms with Crippen LogP contribution >= 0.6 is 0 Å². The second-order valence-electron chi connectivity index (χ2n) is 8.00. The number of benzene rings is 1. The molecular formula is C22H23F3N4O. The largest absolute Gasteiger partial charge is 0.433 e. The Hall–Kier alpha value is -2.74. The zero-order valence-corrected chi connectivity index (χ0v) is 16.6. The molecule has 0 radical (unpaired) electrons. The highest BCUT2D eigenvalue weighted by Crippen LogP contribution is 2.34. The molecule has 0 unspecified atom stereocenters. The summed E-state index contributed by atoms with van der Waals surface area (Å²) in [6, 6.07) is 10.2. The van der Waals surface area contributed by atoms with Gasteiger partial charge in [0, 0.05) is 19.0 Å². The number of hydrogen-bond donors (Lipinski definition) is 1. The molecule has 1 aliphatic heterocycles. The molecule has 5 nitrogen and oxygen atoms in total. The highest BCUT2D eigenvalue weighted by molar-refractivity contribution is 5.81. The van der Waals surface area contributed by atoms with Crippen molar-refractivity contribution in [2.24, 2.45) is 5.92 Å². The number of rotatable bonds is 5. The second kappa shape index (κ2) is 8.18. The fraction of sp³-hybridized carbons (Fsp3) is 0.409. The van der Waals surface area contributed by atoms with E-state index < -0.39 is 11.9 Å². The number of carbonyl (C=O) groups excluding carboxylic acids is 1. The molecule has 0 bridgehead atoms. The molecule has 1 aromatic carbocycles. The van der Waals surface area contributed by atoms with Crippen LogP contribution in [0.1, 0.15) is 42.4 Å². The summed E-state index contributed by atoms with van der Waals surface area (Å²) < 4.78 is 37.9. The summed E-state index contributed by atoms with van der Waals surface area (Å²) in [7, 11) is 2.06. The monoisotopic (exact) mass is 416 g/mol. The van der Waals surface area contributed by atoms with Crippen LogP contribution in [-0.2, 0) is 17.4 Å². The maximum Gasteiger partial charge on any atom is 0.433 e. The normalized spacial score (nSPS) is 20.5. The number of nitrogens with zero attached hydrogens (tertiary/aromatic N) is 3. The van der Waals surface area contributed by atoms with Crippen LogP contribution in [0.25, 0.3) is 11.0 Å². The first-order chi connectivity index (χ1) is 14.3. The van der Waals surface area contributed by atoms with Gasteiger partial charge in [0.15, 0.2) is 0 Å². The summed E-state index contributed by atoms with van der Waals surface area (Å²) in [5, 5.41) is 0. The number of likely N-dealkylation sites (tertiary alicyclic amines) is 1. The summed E-state index contributed by atoms with van der Waals surface area (Å²) in [6.45, 7) is 0.863. The van der Waals surface area contributed by atoms with Gasteiger partial charge in [-0.1, -0.05) is 18.2 Å². The molecule has 1 fully saturated rings. The smallest absolute Gasteiger partial charge is 0.341 e. The van der Waals surface area contributed by atoms with Crippen molar-refractivity contribution >= 4 is 16.8 Å². The minimum absolute atomic E-state index is 0.0227. The van der Waals surface area contributed by atoms with Crippen molar-refractivity contribution in [3.05, 3.63) is 59.7 Å².